The van der Waals surface area contributed by atoms with Crippen LogP contribution in [-0.2, 0) is 16.0 Å². The maximum absolute atomic E-state index is 13.1. The van der Waals surface area contributed by atoms with E-state index >= 15 is 0 Å². The molecule has 0 bridgehead atoms. The van der Waals surface area contributed by atoms with Crippen molar-refractivity contribution in [3.05, 3.63) is 53.6 Å². The Morgan fingerprint density at radius 1 is 1.09 bits per heavy atom. The van der Waals surface area contributed by atoms with Crippen molar-refractivity contribution in [1.29, 1.82) is 0 Å². The Kier molecular flexibility index (Phi) is 7.68. The molecular weight excluding hydrogens is 440 g/mol. The van der Waals surface area contributed by atoms with Crippen LogP contribution in [0.15, 0.2) is 42.5 Å². The Hall–Kier alpha value is -3.02. The number of nitrogens with zero attached hydrogens (tertiary/aromatic N) is 1. The molecule has 2 fully saturated rings. The molecule has 0 spiro atoms. The number of anilines is 2. The Morgan fingerprint density at radius 3 is 2.37 bits per heavy atom. The van der Waals surface area contributed by atoms with E-state index in [4.69, 9.17) is 4.74 Å². The highest BCUT2D eigenvalue weighted by Crippen LogP contribution is 2.43. The van der Waals surface area contributed by atoms with Gasteiger partial charge < -0.3 is 20.1 Å². The SMILES string of the molecule is Cc1ccc(CC(=O)Nc2cc(OC3(C(=O)O)CC3)ccc2N(CC(C)C)C2CCCCC2)cc1. The number of hydrogen-bond donors (Lipinski definition) is 2. The number of hydrogen-bond acceptors (Lipinski definition) is 4. The maximum Gasteiger partial charge on any atom is 0.348 e. The van der Waals surface area contributed by atoms with Crippen molar-refractivity contribution >= 4 is 23.3 Å². The van der Waals surface area contributed by atoms with Crippen LogP contribution >= 0.6 is 0 Å². The van der Waals surface area contributed by atoms with Gasteiger partial charge in [-0.15, -0.1) is 0 Å². The summed E-state index contributed by atoms with van der Waals surface area (Å²) in [6.45, 7) is 7.35. The summed E-state index contributed by atoms with van der Waals surface area (Å²) in [6, 6.07) is 14.1. The van der Waals surface area contributed by atoms with E-state index in [-0.39, 0.29) is 12.3 Å². The fraction of sp³-hybridized carbons (Fsp3) is 0.517. The second-order valence-corrected chi connectivity index (χ2v) is 10.6. The van der Waals surface area contributed by atoms with Crippen molar-refractivity contribution in [2.75, 3.05) is 16.8 Å². The van der Waals surface area contributed by atoms with Gasteiger partial charge in [0.2, 0.25) is 11.5 Å². The zero-order valence-corrected chi connectivity index (χ0v) is 21.2. The summed E-state index contributed by atoms with van der Waals surface area (Å²) >= 11 is 0. The van der Waals surface area contributed by atoms with E-state index < -0.39 is 11.6 Å². The second-order valence-electron chi connectivity index (χ2n) is 10.6. The molecule has 188 valence electrons. The van der Waals surface area contributed by atoms with Crippen LogP contribution in [-0.4, -0.2) is 35.2 Å². The van der Waals surface area contributed by atoms with E-state index in [1.807, 2.05) is 49.4 Å². The van der Waals surface area contributed by atoms with E-state index in [1.54, 1.807) is 0 Å². The molecule has 2 N–H and O–H groups in total. The molecule has 6 heteroatoms. The number of benzene rings is 2. The number of nitrogens with one attached hydrogen (secondary N) is 1. The normalized spacial score (nSPS) is 17.1. The van der Waals surface area contributed by atoms with Gasteiger partial charge in [0.05, 0.1) is 17.8 Å². The summed E-state index contributed by atoms with van der Waals surface area (Å²) < 4.78 is 5.92. The number of aliphatic carboxylic acids is 1. The molecule has 2 aromatic carbocycles. The van der Waals surface area contributed by atoms with E-state index in [0.717, 1.165) is 36.2 Å². The molecule has 6 nitrogen and oxygen atoms in total. The Bertz CT molecular complexity index is 1040. The van der Waals surface area contributed by atoms with Gasteiger partial charge in [-0.25, -0.2) is 4.79 Å². The van der Waals surface area contributed by atoms with Gasteiger partial charge in [-0.2, -0.15) is 0 Å². The van der Waals surface area contributed by atoms with Gasteiger partial charge in [-0.05, 0) is 43.4 Å². The Balaban J connectivity index is 1.63. The molecule has 2 aliphatic rings. The number of amides is 1. The van der Waals surface area contributed by atoms with E-state index in [2.05, 4.69) is 24.1 Å². The third-order valence-corrected chi connectivity index (χ3v) is 7.02. The number of carbonyl (C=O) groups is 2. The van der Waals surface area contributed by atoms with Crippen LogP contribution in [0.1, 0.15) is 69.9 Å². The molecule has 4 rings (SSSR count). The van der Waals surface area contributed by atoms with Crippen LogP contribution in [0.25, 0.3) is 0 Å². The summed E-state index contributed by atoms with van der Waals surface area (Å²) in [6.07, 6.45) is 7.27. The van der Waals surface area contributed by atoms with Crippen LogP contribution in [0, 0.1) is 12.8 Å². The van der Waals surface area contributed by atoms with Gasteiger partial charge in [0.15, 0.2) is 0 Å². The zero-order chi connectivity index (χ0) is 25.0. The first-order valence-corrected chi connectivity index (χ1v) is 12.9. The number of ether oxygens (including phenoxy) is 1. The highest BCUT2D eigenvalue weighted by Gasteiger charge is 2.53. The average Bonchev–Trinajstić information content (AvgIpc) is 3.61. The van der Waals surface area contributed by atoms with Crippen molar-refractivity contribution in [2.45, 2.75) is 83.8 Å². The topological polar surface area (TPSA) is 78.9 Å². The summed E-state index contributed by atoms with van der Waals surface area (Å²) in [7, 11) is 0. The standard InChI is InChI=1S/C29H38N2O4/c1-20(2)19-31(23-7-5-4-6-8-23)26-14-13-24(35-29(15-16-29)28(33)34)18-25(26)30-27(32)17-22-11-9-21(3)10-12-22/h9-14,18,20,23H,4-8,15-17,19H2,1-3H3,(H,30,32)(H,33,34). The maximum atomic E-state index is 13.1. The molecule has 0 atom stereocenters. The number of rotatable bonds is 10. The smallest absolute Gasteiger partial charge is 0.348 e. The number of carboxylic acid groups (broad SMARTS) is 1. The van der Waals surface area contributed by atoms with E-state index in [9.17, 15) is 14.7 Å². The second kappa shape index (κ2) is 10.7. The van der Waals surface area contributed by atoms with Gasteiger partial charge in [0.25, 0.3) is 0 Å². The Labute approximate surface area is 208 Å². The van der Waals surface area contributed by atoms with Crippen molar-refractivity contribution in [3.8, 4) is 5.75 Å². The first-order valence-electron chi connectivity index (χ1n) is 12.9. The van der Waals surface area contributed by atoms with E-state index in [1.165, 1.54) is 19.3 Å². The third-order valence-electron chi connectivity index (χ3n) is 7.02. The van der Waals surface area contributed by atoms with Crippen molar-refractivity contribution in [2.24, 2.45) is 5.92 Å². The van der Waals surface area contributed by atoms with Crippen molar-refractivity contribution < 1.29 is 19.4 Å². The third kappa shape index (κ3) is 6.36. The molecule has 0 aromatic heterocycles. The van der Waals surface area contributed by atoms with E-state index in [0.29, 0.717) is 36.2 Å². The number of carboxylic acids is 1. The lowest BCUT2D eigenvalue weighted by Gasteiger charge is -2.38. The molecule has 35 heavy (non-hydrogen) atoms. The highest BCUT2D eigenvalue weighted by atomic mass is 16.5. The van der Waals surface area contributed by atoms with Gasteiger partial charge in [-0.1, -0.05) is 62.9 Å². The molecule has 0 aliphatic heterocycles. The monoisotopic (exact) mass is 478 g/mol. The minimum atomic E-state index is -1.13. The van der Waals surface area contributed by atoms with Gasteiger partial charge in [0, 0.05) is 31.5 Å². The lowest BCUT2D eigenvalue weighted by atomic mass is 9.93. The van der Waals surface area contributed by atoms with Crippen LogP contribution < -0.4 is 15.0 Å². The predicted molar refractivity (Wildman–Crippen MR) is 139 cm³/mol. The fourth-order valence-corrected chi connectivity index (χ4v) is 4.94. The molecule has 2 aromatic rings. The molecule has 0 heterocycles. The molecule has 1 amide bonds. The average molecular weight is 479 g/mol. The van der Waals surface area contributed by atoms with Crippen molar-refractivity contribution in [1.82, 2.24) is 0 Å². The van der Waals surface area contributed by atoms with Crippen LogP contribution in [0.5, 0.6) is 5.75 Å². The molecule has 2 aliphatic carbocycles. The fourth-order valence-electron chi connectivity index (χ4n) is 4.94. The number of carbonyl (C=O) groups excluding carboxylic acids is 1. The van der Waals surface area contributed by atoms with Crippen LogP contribution in [0.2, 0.25) is 0 Å². The van der Waals surface area contributed by atoms with Crippen LogP contribution in [0.3, 0.4) is 0 Å². The zero-order valence-electron chi connectivity index (χ0n) is 21.2. The molecule has 2 saturated carbocycles. The summed E-state index contributed by atoms with van der Waals surface area (Å²) in [4.78, 5) is 27.2. The number of aryl methyl sites for hydroxylation is 1. The minimum Gasteiger partial charge on any atom is -0.478 e. The lowest BCUT2D eigenvalue weighted by molar-refractivity contribution is -0.147. The first-order chi connectivity index (χ1) is 16.8. The summed E-state index contributed by atoms with van der Waals surface area (Å²) in [5.41, 5.74) is 2.65. The molecule has 0 unspecified atom stereocenters. The summed E-state index contributed by atoms with van der Waals surface area (Å²) in [5, 5.41) is 12.7. The molecule has 0 radical (unpaired) electrons. The quantitative estimate of drug-likeness (QED) is 0.440. The predicted octanol–water partition coefficient (Wildman–Crippen LogP) is 5.97. The molecule has 0 saturated heterocycles. The van der Waals surface area contributed by atoms with Gasteiger partial charge in [-0.3, -0.25) is 4.79 Å². The highest BCUT2D eigenvalue weighted by molar-refractivity contribution is 5.96. The summed E-state index contributed by atoms with van der Waals surface area (Å²) in [5.74, 6) is -0.0897. The lowest BCUT2D eigenvalue weighted by Crippen LogP contribution is -2.40. The van der Waals surface area contributed by atoms with Gasteiger partial charge >= 0.3 is 5.97 Å². The van der Waals surface area contributed by atoms with Gasteiger partial charge in [0.1, 0.15) is 5.75 Å². The minimum absolute atomic E-state index is 0.0974. The first kappa shape index (κ1) is 25.1. The van der Waals surface area contributed by atoms with Crippen molar-refractivity contribution in [3.63, 3.8) is 0 Å². The largest absolute Gasteiger partial charge is 0.478 e. The Morgan fingerprint density at radius 2 is 1.77 bits per heavy atom. The molecular formula is C29H38N2O4. The van der Waals surface area contributed by atoms with Crippen LogP contribution in [0.4, 0.5) is 11.4 Å².